The maximum Gasteiger partial charge on any atom is 0.148 e. The van der Waals surface area contributed by atoms with Gasteiger partial charge in [-0.25, -0.2) is 13.2 Å². The fourth-order valence-corrected chi connectivity index (χ4v) is 6.25. The van der Waals surface area contributed by atoms with E-state index in [2.05, 4.69) is 24.0 Å². The summed E-state index contributed by atoms with van der Waals surface area (Å²) >= 11 is 0. The molecule has 1 heterocycles. The van der Waals surface area contributed by atoms with Gasteiger partial charge in [-0.15, -0.1) is 5.10 Å². The molecule has 3 aliphatic rings. The SMILES string of the molecule is CC1(C)[C@H]2CC[C@]1(C(=O)C1CC[C@H](F)C1)c1nnc(-c3c(F)cccc3F)cc12. The van der Waals surface area contributed by atoms with Gasteiger partial charge in [0.05, 0.1) is 22.4 Å². The fraction of sp³-hybridized carbons (Fsp3) is 0.522. The molecule has 1 aromatic carbocycles. The summed E-state index contributed by atoms with van der Waals surface area (Å²) in [4.78, 5) is 13.7. The molecule has 2 saturated carbocycles. The minimum Gasteiger partial charge on any atom is -0.298 e. The number of rotatable bonds is 3. The Labute approximate surface area is 167 Å². The molecular weight excluding hydrogens is 377 g/mol. The number of aromatic nitrogens is 2. The van der Waals surface area contributed by atoms with Gasteiger partial charge in [-0.3, -0.25) is 4.79 Å². The van der Waals surface area contributed by atoms with E-state index < -0.39 is 23.2 Å². The average Bonchev–Trinajstić information content (AvgIpc) is 3.28. The van der Waals surface area contributed by atoms with Crippen LogP contribution in [0.3, 0.4) is 0 Å². The summed E-state index contributed by atoms with van der Waals surface area (Å²) in [5.74, 6) is -1.53. The van der Waals surface area contributed by atoms with Crippen molar-refractivity contribution in [3.63, 3.8) is 0 Å². The van der Waals surface area contributed by atoms with Gasteiger partial charge in [0.15, 0.2) is 0 Å². The molecule has 1 unspecified atom stereocenters. The van der Waals surface area contributed by atoms with Crippen LogP contribution in [0.25, 0.3) is 11.3 Å². The van der Waals surface area contributed by atoms with E-state index in [9.17, 15) is 18.0 Å². The fourth-order valence-electron chi connectivity index (χ4n) is 6.25. The largest absolute Gasteiger partial charge is 0.298 e. The molecular formula is C23H23F3N2O. The lowest BCUT2D eigenvalue weighted by molar-refractivity contribution is -0.131. The number of Topliss-reactive ketones (excluding diaryl/α,β-unsaturated/α-hetero) is 1. The summed E-state index contributed by atoms with van der Waals surface area (Å²) in [7, 11) is 0. The quantitative estimate of drug-likeness (QED) is 0.704. The summed E-state index contributed by atoms with van der Waals surface area (Å²) < 4.78 is 42.4. The van der Waals surface area contributed by atoms with Crippen LogP contribution in [0.4, 0.5) is 13.2 Å². The number of benzene rings is 1. The molecule has 0 amide bonds. The van der Waals surface area contributed by atoms with Crippen LogP contribution in [-0.2, 0) is 10.2 Å². The van der Waals surface area contributed by atoms with Crippen LogP contribution < -0.4 is 0 Å². The van der Waals surface area contributed by atoms with E-state index in [-0.39, 0.29) is 40.7 Å². The van der Waals surface area contributed by atoms with Crippen molar-refractivity contribution < 1.29 is 18.0 Å². The molecule has 3 aliphatic carbocycles. The van der Waals surface area contributed by atoms with Crippen molar-refractivity contribution in [3.05, 3.63) is 47.2 Å². The van der Waals surface area contributed by atoms with Crippen molar-refractivity contribution in [2.75, 3.05) is 0 Å². The molecule has 2 bridgehead atoms. The molecule has 5 rings (SSSR count). The Morgan fingerprint density at radius 3 is 2.48 bits per heavy atom. The van der Waals surface area contributed by atoms with Crippen LogP contribution >= 0.6 is 0 Å². The Hall–Kier alpha value is -2.24. The normalized spacial score (nSPS) is 31.8. The highest BCUT2D eigenvalue weighted by Crippen LogP contribution is 2.68. The Bertz CT molecular complexity index is 1000. The van der Waals surface area contributed by atoms with Crippen LogP contribution in [-0.4, -0.2) is 22.2 Å². The number of alkyl halides is 1. The van der Waals surface area contributed by atoms with Gasteiger partial charge in [0.2, 0.25) is 0 Å². The van der Waals surface area contributed by atoms with E-state index in [0.717, 1.165) is 12.0 Å². The zero-order valence-corrected chi connectivity index (χ0v) is 16.5. The monoisotopic (exact) mass is 400 g/mol. The second-order valence-electron chi connectivity index (χ2n) is 9.32. The number of hydrogen-bond acceptors (Lipinski definition) is 3. The van der Waals surface area contributed by atoms with Crippen LogP contribution in [0, 0.1) is 23.0 Å². The second-order valence-corrected chi connectivity index (χ2v) is 9.32. The Morgan fingerprint density at radius 1 is 1.10 bits per heavy atom. The number of nitrogens with zero attached hydrogens (tertiary/aromatic N) is 2. The molecule has 0 saturated heterocycles. The lowest BCUT2D eigenvalue weighted by Gasteiger charge is -2.38. The minimum atomic E-state index is -0.918. The molecule has 2 aromatic rings. The number of carbonyl (C=O) groups excluding carboxylic acids is 1. The van der Waals surface area contributed by atoms with E-state index in [4.69, 9.17) is 0 Å². The maximum atomic E-state index is 14.3. The van der Waals surface area contributed by atoms with Gasteiger partial charge in [-0.05, 0) is 67.2 Å². The van der Waals surface area contributed by atoms with Crippen molar-refractivity contribution in [1.29, 1.82) is 0 Å². The highest BCUT2D eigenvalue weighted by molar-refractivity contribution is 5.95. The Balaban J connectivity index is 1.64. The summed E-state index contributed by atoms with van der Waals surface area (Å²) in [5.41, 5.74) is 0.265. The molecule has 2 fully saturated rings. The maximum absolute atomic E-state index is 14.3. The van der Waals surface area contributed by atoms with Crippen LogP contribution in [0.1, 0.15) is 63.1 Å². The van der Waals surface area contributed by atoms with E-state index in [1.807, 2.05) is 0 Å². The van der Waals surface area contributed by atoms with Crippen molar-refractivity contribution in [2.45, 2.75) is 63.5 Å². The summed E-state index contributed by atoms with van der Waals surface area (Å²) in [6, 6.07) is 5.41. The van der Waals surface area contributed by atoms with Gasteiger partial charge >= 0.3 is 0 Å². The Morgan fingerprint density at radius 2 is 1.83 bits per heavy atom. The molecule has 0 aliphatic heterocycles. The van der Waals surface area contributed by atoms with E-state index in [0.29, 0.717) is 25.0 Å². The molecule has 29 heavy (non-hydrogen) atoms. The highest BCUT2D eigenvalue weighted by atomic mass is 19.1. The minimum absolute atomic E-state index is 0.0631. The van der Waals surface area contributed by atoms with Crippen molar-refractivity contribution in [1.82, 2.24) is 10.2 Å². The zero-order valence-electron chi connectivity index (χ0n) is 16.5. The molecule has 3 nitrogen and oxygen atoms in total. The number of fused-ring (bicyclic) bond motifs is 5. The lowest BCUT2D eigenvalue weighted by atomic mass is 9.63. The molecule has 6 heteroatoms. The predicted octanol–water partition coefficient (Wildman–Crippen LogP) is 5.28. The summed E-state index contributed by atoms with van der Waals surface area (Å²) in [5, 5.41) is 8.52. The zero-order chi connectivity index (χ0) is 20.6. The molecule has 0 N–H and O–H groups in total. The topological polar surface area (TPSA) is 42.9 Å². The van der Waals surface area contributed by atoms with Gasteiger partial charge < -0.3 is 0 Å². The lowest BCUT2D eigenvalue weighted by Crippen LogP contribution is -2.46. The van der Waals surface area contributed by atoms with Gasteiger partial charge in [0.1, 0.15) is 23.6 Å². The van der Waals surface area contributed by atoms with Crippen molar-refractivity contribution in [2.24, 2.45) is 11.3 Å². The number of halogens is 3. The number of hydrogen-bond donors (Lipinski definition) is 0. The molecule has 152 valence electrons. The Kier molecular flexibility index (Phi) is 3.97. The first kappa shape index (κ1) is 18.8. The molecule has 0 spiro atoms. The summed E-state index contributed by atoms with van der Waals surface area (Å²) in [6.45, 7) is 4.13. The van der Waals surface area contributed by atoms with Crippen LogP contribution in [0.5, 0.6) is 0 Å². The van der Waals surface area contributed by atoms with Crippen LogP contribution in [0.2, 0.25) is 0 Å². The van der Waals surface area contributed by atoms with E-state index >= 15 is 0 Å². The van der Waals surface area contributed by atoms with Gasteiger partial charge in [-0.1, -0.05) is 19.9 Å². The van der Waals surface area contributed by atoms with E-state index in [1.54, 1.807) is 6.07 Å². The van der Waals surface area contributed by atoms with Crippen molar-refractivity contribution in [3.8, 4) is 11.3 Å². The third-order valence-corrected chi connectivity index (χ3v) is 7.76. The van der Waals surface area contributed by atoms with Gasteiger partial charge in [0, 0.05) is 5.92 Å². The second kappa shape index (κ2) is 6.13. The number of ketones is 1. The standard InChI is InChI=1S/C23H23F3N2O/c1-22(2)15-8-9-23(22,21(29)12-6-7-13(24)10-12)20-14(15)11-18(27-28-20)19-16(25)4-3-5-17(19)26/h3-5,11-13,15H,6-10H2,1-2H3/t12?,13-,15-,23+/m0/s1. The third-order valence-electron chi connectivity index (χ3n) is 7.76. The number of carbonyl (C=O) groups is 1. The highest BCUT2D eigenvalue weighted by Gasteiger charge is 2.67. The first-order valence-corrected chi connectivity index (χ1v) is 10.3. The van der Waals surface area contributed by atoms with Crippen molar-refractivity contribution >= 4 is 5.78 Å². The van der Waals surface area contributed by atoms with Gasteiger partial charge in [-0.2, -0.15) is 5.10 Å². The molecule has 0 radical (unpaired) electrons. The van der Waals surface area contributed by atoms with E-state index in [1.165, 1.54) is 18.2 Å². The first-order chi connectivity index (χ1) is 13.8. The first-order valence-electron chi connectivity index (χ1n) is 10.3. The average molecular weight is 400 g/mol. The molecule has 4 atom stereocenters. The van der Waals surface area contributed by atoms with Crippen LogP contribution in [0.15, 0.2) is 24.3 Å². The molecule has 1 aromatic heterocycles. The predicted molar refractivity (Wildman–Crippen MR) is 102 cm³/mol. The van der Waals surface area contributed by atoms with Gasteiger partial charge in [0.25, 0.3) is 0 Å². The smallest absolute Gasteiger partial charge is 0.148 e. The summed E-state index contributed by atoms with van der Waals surface area (Å²) in [6.07, 6.45) is 1.85. The third kappa shape index (κ3) is 2.34.